The maximum Gasteiger partial charge on any atom is 0.170 e. The molecular formula is C30H50N2O4. The number of fused-ring (bicyclic) bond motifs is 5. The highest BCUT2D eigenvalue weighted by Gasteiger charge is 2.67. The summed E-state index contributed by atoms with van der Waals surface area (Å²) < 4.78 is 12.0. The predicted octanol–water partition coefficient (Wildman–Crippen LogP) is 4.34. The molecule has 36 heavy (non-hydrogen) atoms. The van der Waals surface area contributed by atoms with E-state index in [1.54, 1.807) is 0 Å². The number of hydrogen-bond donors (Lipinski definition) is 2. The summed E-state index contributed by atoms with van der Waals surface area (Å²) in [6.07, 6.45) is 14.9. The van der Waals surface area contributed by atoms with Crippen molar-refractivity contribution in [3.63, 3.8) is 0 Å². The van der Waals surface area contributed by atoms with Gasteiger partial charge in [-0.1, -0.05) is 13.8 Å². The summed E-state index contributed by atoms with van der Waals surface area (Å²) in [5.41, 5.74) is -0.295. The third kappa shape index (κ3) is 3.43. The van der Waals surface area contributed by atoms with E-state index < -0.39 is 5.72 Å². The molecule has 7 aliphatic rings. The Hall–Kier alpha value is -0.240. The quantitative estimate of drug-likeness (QED) is 0.586. The van der Waals surface area contributed by atoms with Gasteiger partial charge in [-0.25, -0.2) is 0 Å². The summed E-state index contributed by atoms with van der Waals surface area (Å²) in [5.74, 6) is 2.54. The zero-order chi connectivity index (χ0) is 24.8. The van der Waals surface area contributed by atoms with Crippen LogP contribution >= 0.6 is 0 Å². The SMILES string of the molecule is C[C@]12CCC(O)CC1CC[C@@H]1[C@H]2CC[C@@]2(C)[C@H]1CCC2(O)N1CCCC1N1CCC2(CC1)OCCO2. The van der Waals surface area contributed by atoms with Crippen LogP contribution in [0.25, 0.3) is 0 Å². The molecule has 3 aliphatic heterocycles. The summed E-state index contributed by atoms with van der Waals surface area (Å²) in [4.78, 5) is 5.22. The van der Waals surface area contributed by atoms with E-state index in [0.29, 0.717) is 23.4 Å². The molecule has 4 saturated carbocycles. The lowest BCUT2D eigenvalue weighted by Crippen LogP contribution is -2.65. The first-order chi connectivity index (χ1) is 17.3. The van der Waals surface area contributed by atoms with Crippen molar-refractivity contribution in [2.45, 2.75) is 121 Å². The predicted molar refractivity (Wildman–Crippen MR) is 138 cm³/mol. The molecule has 3 heterocycles. The second-order valence-electron chi connectivity index (χ2n) is 14.4. The van der Waals surface area contributed by atoms with Crippen molar-refractivity contribution < 1.29 is 19.7 Å². The topological polar surface area (TPSA) is 65.4 Å². The minimum atomic E-state index is -0.681. The van der Waals surface area contributed by atoms with Gasteiger partial charge in [0, 0.05) is 37.9 Å². The van der Waals surface area contributed by atoms with Gasteiger partial charge >= 0.3 is 0 Å². The van der Waals surface area contributed by atoms with Crippen LogP contribution < -0.4 is 0 Å². The van der Waals surface area contributed by atoms with E-state index in [9.17, 15) is 10.2 Å². The lowest BCUT2D eigenvalue weighted by atomic mass is 9.44. The average molecular weight is 503 g/mol. The zero-order valence-electron chi connectivity index (χ0n) is 22.8. The summed E-state index contributed by atoms with van der Waals surface area (Å²) in [7, 11) is 0. The Morgan fingerprint density at radius 3 is 2.31 bits per heavy atom. The Morgan fingerprint density at radius 2 is 1.53 bits per heavy atom. The molecule has 0 aromatic rings. The van der Waals surface area contributed by atoms with E-state index in [1.807, 2.05) is 0 Å². The standard InChI is InChI=1S/C30H50N2O4/c1-27-10-7-22(33)20-21(27)5-6-23-24(27)8-11-28(2)25(23)9-12-30(28,34)32-15-3-4-26(32)31-16-13-29(14-17-31)35-18-19-36-29/h21-26,33-34H,3-20H2,1-2H3/t21?,22?,23-,24-,25+,26?,27+,28+,30?/m1/s1. The van der Waals surface area contributed by atoms with E-state index in [1.165, 1.54) is 44.9 Å². The zero-order valence-corrected chi connectivity index (χ0v) is 22.8. The van der Waals surface area contributed by atoms with Crippen LogP contribution in [-0.2, 0) is 9.47 Å². The fourth-order valence-electron chi connectivity index (χ4n) is 11.2. The Balaban J connectivity index is 1.10. The number of aliphatic hydroxyl groups excluding tert-OH is 1. The Kier molecular flexibility index (Phi) is 5.94. The monoisotopic (exact) mass is 502 g/mol. The van der Waals surface area contributed by atoms with E-state index in [0.717, 1.165) is 83.2 Å². The molecular weight excluding hydrogens is 452 g/mol. The van der Waals surface area contributed by atoms with Crippen molar-refractivity contribution in [3.05, 3.63) is 0 Å². The molecule has 6 nitrogen and oxygen atoms in total. The third-order valence-electron chi connectivity index (χ3n) is 13.2. The van der Waals surface area contributed by atoms with E-state index >= 15 is 0 Å². The van der Waals surface area contributed by atoms with Crippen molar-refractivity contribution in [1.82, 2.24) is 9.80 Å². The fourth-order valence-corrected chi connectivity index (χ4v) is 11.2. The molecule has 9 atom stereocenters. The maximum atomic E-state index is 12.7. The average Bonchev–Trinajstić information content (AvgIpc) is 3.60. The van der Waals surface area contributed by atoms with Gasteiger partial charge in [0.25, 0.3) is 0 Å². The first-order valence-electron chi connectivity index (χ1n) is 15.5. The molecule has 0 aromatic heterocycles. The number of hydrogen-bond acceptors (Lipinski definition) is 6. The van der Waals surface area contributed by atoms with Crippen molar-refractivity contribution >= 4 is 0 Å². The Morgan fingerprint density at radius 1 is 0.778 bits per heavy atom. The summed E-state index contributed by atoms with van der Waals surface area (Å²) in [6.45, 7) is 9.56. The number of rotatable bonds is 2. The van der Waals surface area contributed by atoms with Crippen molar-refractivity contribution in [1.29, 1.82) is 0 Å². The van der Waals surface area contributed by atoms with Gasteiger partial charge in [-0.05, 0) is 99.7 Å². The smallest absolute Gasteiger partial charge is 0.170 e. The summed E-state index contributed by atoms with van der Waals surface area (Å²) in [5, 5.41) is 23.1. The second-order valence-corrected chi connectivity index (χ2v) is 14.4. The van der Waals surface area contributed by atoms with Crippen LogP contribution in [0.1, 0.15) is 97.3 Å². The Labute approximate surface area is 218 Å². The van der Waals surface area contributed by atoms with Crippen LogP contribution in [0.2, 0.25) is 0 Å². The molecule has 204 valence electrons. The summed E-state index contributed by atoms with van der Waals surface area (Å²) >= 11 is 0. The van der Waals surface area contributed by atoms with Crippen LogP contribution in [0.15, 0.2) is 0 Å². The van der Waals surface area contributed by atoms with Crippen molar-refractivity contribution in [2.24, 2.45) is 34.5 Å². The first kappa shape index (κ1) is 24.8. The second kappa shape index (κ2) is 8.63. The van der Waals surface area contributed by atoms with Crippen molar-refractivity contribution in [2.75, 3.05) is 32.8 Å². The van der Waals surface area contributed by atoms with Crippen LogP contribution in [0.5, 0.6) is 0 Å². The fraction of sp³-hybridized carbons (Fsp3) is 1.00. The highest BCUT2D eigenvalue weighted by Crippen LogP contribution is 2.69. The van der Waals surface area contributed by atoms with Gasteiger partial charge in [0.15, 0.2) is 5.79 Å². The highest BCUT2D eigenvalue weighted by molar-refractivity contribution is 5.15. The van der Waals surface area contributed by atoms with Gasteiger partial charge in [0.05, 0.1) is 25.5 Å². The van der Waals surface area contributed by atoms with E-state index in [-0.39, 0.29) is 17.3 Å². The molecule has 7 fully saturated rings. The minimum absolute atomic E-state index is 0.0111. The number of ether oxygens (including phenoxy) is 2. The number of piperidine rings is 1. The highest BCUT2D eigenvalue weighted by atomic mass is 16.7. The maximum absolute atomic E-state index is 12.7. The van der Waals surface area contributed by atoms with Crippen LogP contribution in [-0.4, -0.2) is 76.6 Å². The molecule has 0 bridgehead atoms. The summed E-state index contributed by atoms with van der Waals surface area (Å²) in [6, 6.07) is 0. The van der Waals surface area contributed by atoms with Gasteiger partial charge in [-0.2, -0.15) is 0 Å². The molecule has 0 amide bonds. The lowest BCUT2D eigenvalue weighted by molar-refractivity contribution is -0.239. The molecule has 1 spiro atoms. The molecule has 3 saturated heterocycles. The van der Waals surface area contributed by atoms with Gasteiger partial charge < -0.3 is 19.7 Å². The van der Waals surface area contributed by atoms with E-state index in [4.69, 9.17) is 9.47 Å². The molecule has 0 aromatic carbocycles. The number of aliphatic hydroxyl groups is 2. The minimum Gasteiger partial charge on any atom is -0.393 e. The van der Waals surface area contributed by atoms with Gasteiger partial charge in [-0.3, -0.25) is 9.80 Å². The first-order valence-corrected chi connectivity index (χ1v) is 15.5. The van der Waals surface area contributed by atoms with Gasteiger partial charge in [0.1, 0.15) is 5.72 Å². The third-order valence-corrected chi connectivity index (χ3v) is 13.2. The van der Waals surface area contributed by atoms with Crippen LogP contribution in [0.3, 0.4) is 0 Å². The molecule has 4 aliphatic carbocycles. The van der Waals surface area contributed by atoms with Crippen LogP contribution in [0, 0.1) is 34.5 Å². The molecule has 2 N–H and O–H groups in total. The Bertz CT molecular complexity index is 839. The molecule has 4 unspecified atom stereocenters. The molecule has 7 rings (SSSR count). The molecule has 0 radical (unpaired) electrons. The van der Waals surface area contributed by atoms with Gasteiger partial charge in [0.2, 0.25) is 0 Å². The normalized spacial score (nSPS) is 53.3. The largest absolute Gasteiger partial charge is 0.393 e. The van der Waals surface area contributed by atoms with E-state index in [2.05, 4.69) is 23.6 Å². The lowest BCUT2D eigenvalue weighted by Gasteiger charge is -2.62. The van der Waals surface area contributed by atoms with Crippen molar-refractivity contribution in [3.8, 4) is 0 Å². The molecule has 6 heteroatoms. The van der Waals surface area contributed by atoms with Crippen LogP contribution in [0.4, 0.5) is 0 Å². The number of nitrogens with zero attached hydrogens (tertiary/aromatic N) is 2. The van der Waals surface area contributed by atoms with Gasteiger partial charge in [-0.15, -0.1) is 0 Å². The number of likely N-dealkylation sites (tertiary alicyclic amines) is 2.